The molecule has 1 aromatic rings. The molecule has 98 valence electrons. The Morgan fingerprint density at radius 3 is 2.83 bits per heavy atom. The fraction of sp³-hybridized carbons (Fsp3) is 0.500. The summed E-state index contributed by atoms with van der Waals surface area (Å²) in [4.78, 5) is 12.2. The molecule has 1 saturated heterocycles. The van der Waals surface area contributed by atoms with Crippen LogP contribution in [0.1, 0.15) is 23.2 Å². The van der Waals surface area contributed by atoms with Crippen LogP contribution < -0.4 is 14.8 Å². The third-order valence-corrected chi connectivity index (χ3v) is 3.35. The van der Waals surface area contributed by atoms with Gasteiger partial charge in [0.25, 0.3) is 0 Å². The smallest absolute Gasteiger partial charge is 0.166 e. The highest BCUT2D eigenvalue weighted by Gasteiger charge is 2.21. The van der Waals surface area contributed by atoms with Gasteiger partial charge in [-0.05, 0) is 37.6 Å². The van der Waals surface area contributed by atoms with Gasteiger partial charge in [-0.3, -0.25) is 4.79 Å². The summed E-state index contributed by atoms with van der Waals surface area (Å²) >= 11 is 0. The third kappa shape index (κ3) is 2.82. The number of ether oxygens (including phenoxy) is 2. The van der Waals surface area contributed by atoms with Crippen molar-refractivity contribution < 1.29 is 14.3 Å². The SMILES string of the molecule is COc1ccc(C(=O)CC2CCNC2)c(OC)c1. The molecule has 1 fully saturated rings. The Labute approximate surface area is 107 Å². The molecule has 0 amide bonds. The predicted octanol–water partition coefficient (Wildman–Crippen LogP) is 1.89. The lowest BCUT2D eigenvalue weighted by Gasteiger charge is -2.11. The van der Waals surface area contributed by atoms with Gasteiger partial charge in [-0.1, -0.05) is 0 Å². The first-order chi connectivity index (χ1) is 8.74. The van der Waals surface area contributed by atoms with E-state index in [1.165, 1.54) is 0 Å². The first-order valence-electron chi connectivity index (χ1n) is 6.20. The lowest BCUT2D eigenvalue weighted by molar-refractivity contribution is 0.0961. The molecule has 1 aromatic carbocycles. The summed E-state index contributed by atoms with van der Waals surface area (Å²) in [5.41, 5.74) is 0.644. The van der Waals surface area contributed by atoms with Gasteiger partial charge in [0.2, 0.25) is 0 Å². The van der Waals surface area contributed by atoms with Crippen molar-refractivity contribution in [2.75, 3.05) is 27.3 Å². The molecule has 0 saturated carbocycles. The molecule has 1 aliphatic rings. The minimum Gasteiger partial charge on any atom is -0.497 e. The molecule has 0 aliphatic carbocycles. The van der Waals surface area contributed by atoms with Crippen molar-refractivity contribution in [1.29, 1.82) is 0 Å². The number of hydrogen-bond donors (Lipinski definition) is 1. The predicted molar refractivity (Wildman–Crippen MR) is 69.5 cm³/mol. The fourth-order valence-electron chi connectivity index (χ4n) is 2.29. The topological polar surface area (TPSA) is 47.6 Å². The minimum atomic E-state index is 0.142. The van der Waals surface area contributed by atoms with E-state index in [1.807, 2.05) is 0 Å². The first kappa shape index (κ1) is 12.9. The summed E-state index contributed by atoms with van der Waals surface area (Å²) in [6.45, 7) is 1.95. The number of ketones is 1. The molecule has 4 nitrogen and oxygen atoms in total. The van der Waals surface area contributed by atoms with Crippen LogP contribution in [-0.4, -0.2) is 33.1 Å². The normalized spacial score (nSPS) is 18.7. The highest BCUT2D eigenvalue weighted by Crippen LogP contribution is 2.27. The van der Waals surface area contributed by atoms with Gasteiger partial charge in [0.05, 0.1) is 19.8 Å². The summed E-state index contributed by atoms with van der Waals surface area (Å²) < 4.78 is 10.4. The van der Waals surface area contributed by atoms with Gasteiger partial charge in [-0.15, -0.1) is 0 Å². The molecule has 0 bridgehead atoms. The van der Waals surface area contributed by atoms with E-state index in [-0.39, 0.29) is 5.78 Å². The Hall–Kier alpha value is -1.55. The summed E-state index contributed by atoms with van der Waals surface area (Å²) in [7, 11) is 3.17. The Bertz CT molecular complexity index is 425. The van der Waals surface area contributed by atoms with Crippen molar-refractivity contribution in [1.82, 2.24) is 5.32 Å². The van der Waals surface area contributed by atoms with E-state index < -0.39 is 0 Å². The number of carbonyl (C=O) groups is 1. The molecule has 1 heterocycles. The van der Waals surface area contributed by atoms with E-state index in [0.29, 0.717) is 29.4 Å². The fourth-order valence-corrected chi connectivity index (χ4v) is 2.29. The van der Waals surface area contributed by atoms with Crippen molar-refractivity contribution in [3.8, 4) is 11.5 Å². The van der Waals surface area contributed by atoms with Gasteiger partial charge in [-0.25, -0.2) is 0 Å². The zero-order valence-corrected chi connectivity index (χ0v) is 10.9. The molecule has 18 heavy (non-hydrogen) atoms. The van der Waals surface area contributed by atoms with Crippen LogP contribution in [0.5, 0.6) is 11.5 Å². The molecule has 0 spiro atoms. The second-order valence-electron chi connectivity index (χ2n) is 4.55. The lowest BCUT2D eigenvalue weighted by Crippen LogP contribution is -2.13. The minimum absolute atomic E-state index is 0.142. The van der Waals surface area contributed by atoms with Crippen LogP contribution in [-0.2, 0) is 0 Å². The number of benzene rings is 1. The molecule has 1 N–H and O–H groups in total. The van der Waals surface area contributed by atoms with Crippen LogP contribution in [0.15, 0.2) is 18.2 Å². The van der Waals surface area contributed by atoms with Gasteiger partial charge in [0.1, 0.15) is 11.5 Å². The highest BCUT2D eigenvalue weighted by molar-refractivity contribution is 5.99. The average molecular weight is 249 g/mol. The second-order valence-corrected chi connectivity index (χ2v) is 4.55. The van der Waals surface area contributed by atoms with Crippen LogP contribution in [0.3, 0.4) is 0 Å². The molecule has 0 radical (unpaired) electrons. The van der Waals surface area contributed by atoms with E-state index >= 15 is 0 Å². The van der Waals surface area contributed by atoms with Crippen LogP contribution in [0, 0.1) is 5.92 Å². The maximum atomic E-state index is 12.2. The molecular weight excluding hydrogens is 230 g/mol. The summed E-state index contributed by atoms with van der Waals surface area (Å²) in [5, 5.41) is 3.27. The van der Waals surface area contributed by atoms with Gasteiger partial charge in [0.15, 0.2) is 5.78 Å². The zero-order valence-electron chi connectivity index (χ0n) is 10.9. The second kappa shape index (κ2) is 5.87. The number of methoxy groups -OCH3 is 2. The van der Waals surface area contributed by atoms with Gasteiger partial charge in [-0.2, -0.15) is 0 Å². The van der Waals surface area contributed by atoms with Crippen LogP contribution in [0.25, 0.3) is 0 Å². The number of carbonyl (C=O) groups excluding carboxylic acids is 1. The summed E-state index contributed by atoms with van der Waals surface area (Å²) in [6, 6.07) is 5.32. The van der Waals surface area contributed by atoms with Gasteiger partial charge >= 0.3 is 0 Å². The standard InChI is InChI=1S/C14H19NO3/c1-17-11-3-4-12(14(8-11)18-2)13(16)7-10-5-6-15-9-10/h3-4,8,10,15H,5-7,9H2,1-2H3. The van der Waals surface area contributed by atoms with Crippen molar-refractivity contribution in [2.24, 2.45) is 5.92 Å². The van der Waals surface area contributed by atoms with Crippen LogP contribution >= 0.6 is 0 Å². The molecule has 1 unspecified atom stereocenters. The van der Waals surface area contributed by atoms with E-state index in [1.54, 1.807) is 32.4 Å². The van der Waals surface area contributed by atoms with Crippen LogP contribution in [0.2, 0.25) is 0 Å². The summed E-state index contributed by atoms with van der Waals surface area (Å²) in [5.74, 6) is 1.88. The van der Waals surface area contributed by atoms with Crippen molar-refractivity contribution in [2.45, 2.75) is 12.8 Å². The quantitative estimate of drug-likeness (QED) is 0.809. The number of hydrogen-bond acceptors (Lipinski definition) is 4. The molecule has 4 heteroatoms. The van der Waals surface area contributed by atoms with E-state index in [2.05, 4.69) is 5.32 Å². The third-order valence-electron chi connectivity index (χ3n) is 3.35. The van der Waals surface area contributed by atoms with Crippen molar-refractivity contribution in [3.05, 3.63) is 23.8 Å². The van der Waals surface area contributed by atoms with Crippen molar-refractivity contribution >= 4 is 5.78 Å². The Kier molecular flexibility index (Phi) is 4.20. The lowest BCUT2D eigenvalue weighted by atomic mass is 9.97. The summed E-state index contributed by atoms with van der Waals surface area (Å²) in [6.07, 6.45) is 1.65. The molecule has 0 aromatic heterocycles. The molecule has 1 aliphatic heterocycles. The average Bonchev–Trinajstić information content (AvgIpc) is 2.90. The van der Waals surface area contributed by atoms with Crippen molar-refractivity contribution in [3.63, 3.8) is 0 Å². The molecule has 1 atom stereocenters. The Balaban J connectivity index is 2.13. The van der Waals surface area contributed by atoms with E-state index in [0.717, 1.165) is 19.5 Å². The molecule has 2 rings (SSSR count). The van der Waals surface area contributed by atoms with Gasteiger partial charge < -0.3 is 14.8 Å². The highest BCUT2D eigenvalue weighted by atomic mass is 16.5. The number of Topliss-reactive ketones (excluding diaryl/α,β-unsaturated/α-hetero) is 1. The monoisotopic (exact) mass is 249 g/mol. The number of rotatable bonds is 5. The van der Waals surface area contributed by atoms with Gasteiger partial charge in [0, 0.05) is 12.5 Å². The van der Waals surface area contributed by atoms with Crippen LogP contribution in [0.4, 0.5) is 0 Å². The van der Waals surface area contributed by atoms with E-state index in [4.69, 9.17) is 9.47 Å². The maximum absolute atomic E-state index is 12.2. The Morgan fingerprint density at radius 1 is 1.39 bits per heavy atom. The zero-order chi connectivity index (χ0) is 13.0. The Morgan fingerprint density at radius 2 is 2.22 bits per heavy atom. The first-order valence-corrected chi connectivity index (χ1v) is 6.20. The number of nitrogens with one attached hydrogen (secondary N) is 1. The maximum Gasteiger partial charge on any atom is 0.166 e. The van der Waals surface area contributed by atoms with E-state index in [9.17, 15) is 4.79 Å². The largest absolute Gasteiger partial charge is 0.497 e. The molecular formula is C14H19NO3.